The Bertz CT molecular complexity index is 955. The van der Waals surface area contributed by atoms with Crippen molar-refractivity contribution >= 4 is 35.4 Å². The van der Waals surface area contributed by atoms with Gasteiger partial charge in [0, 0.05) is 23.9 Å². The number of benzene rings is 2. The summed E-state index contributed by atoms with van der Waals surface area (Å²) in [5.74, 6) is -1.42. The van der Waals surface area contributed by atoms with Gasteiger partial charge < -0.3 is 24.8 Å². The summed E-state index contributed by atoms with van der Waals surface area (Å²) in [4.78, 5) is 47.4. The van der Waals surface area contributed by atoms with Crippen molar-refractivity contribution in [2.45, 2.75) is 20.0 Å². The molecule has 30 heavy (non-hydrogen) atoms. The average molecular weight is 414 g/mol. The maximum atomic E-state index is 12.7. The summed E-state index contributed by atoms with van der Waals surface area (Å²) >= 11 is 0. The topological polar surface area (TPSA) is 120 Å². The molecule has 0 fully saturated rings. The second kappa shape index (κ2) is 10.1. The van der Waals surface area contributed by atoms with E-state index in [2.05, 4.69) is 10.6 Å². The number of nitrogens with one attached hydrogen (secondary N) is 2. The van der Waals surface area contributed by atoms with Gasteiger partial charge in [-0.1, -0.05) is 0 Å². The van der Waals surface area contributed by atoms with Gasteiger partial charge in [0.05, 0.1) is 14.2 Å². The van der Waals surface area contributed by atoms with E-state index in [9.17, 15) is 19.2 Å². The van der Waals surface area contributed by atoms with Crippen molar-refractivity contribution in [3.63, 3.8) is 0 Å². The molecule has 2 amide bonds. The van der Waals surface area contributed by atoms with Crippen LogP contribution in [0.1, 0.15) is 34.6 Å². The minimum atomic E-state index is -1.16. The monoisotopic (exact) mass is 414 g/mol. The van der Waals surface area contributed by atoms with Crippen LogP contribution in [0.25, 0.3) is 0 Å². The zero-order valence-corrected chi connectivity index (χ0v) is 17.0. The summed E-state index contributed by atoms with van der Waals surface area (Å²) in [6.45, 7) is 2.78. The maximum Gasteiger partial charge on any atom is 0.343 e. The SMILES string of the molecule is COc1ccc(C=O)c(C(=O)O[C@@H](C)C(=O)Nc2ccc(NC(C)=O)cc2)c1OC. The van der Waals surface area contributed by atoms with Crippen LogP contribution in [-0.2, 0) is 14.3 Å². The van der Waals surface area contributed by atoms with E-state index in [1.165, 1.54) is 40.2 Å². The molecule has 158 valence electrons. The molecule has 0 bridgehead atoms. The zero-order valence-electron chi connectivity index (χ0n) is 17.0. The maximum absolute atomic E-state index is 12.7. The molecule has 9 nitrogen and oxygen atoms in total. The van der Waals surface area contributed by atoms with E-state index < -0.39 is 18.0 Å². The lowest BCUT2D eigenvalue weighted by atomic mass is 10.1. The largest absolute Gasteiger partial charge is 0.493 e. The third kappa shape index (κ3) is 5.34. The molecule has 1 atom stereocenters. The number of methoxy groups -OCH3 is 2. The lowest BCUT2D eigenvalue weighted by Gasteiger charge is -2.17. The minimum Gasteiger partial charge on any atom is -0.493 e. The van der Waals surface area contributed by atoms with Crippen LogP contribution >= 0.6 is 0 Å². The van der Waals surface area contributed by atoms with Gasteiger partial charge in [-0.25, -0.2) is 4.79 Å². The number of esters is 1. The molecule has 0 radical (unpaired) electrons. The summed E-state index contributed by atoms with van der Waals surface area (Å²) in [5, 5.41) is 5.22. The van der Waals surface area contributed by atoms with Crippen LogP contribution < -0.4 is 20.1 Å². The Kier molecular flexibility index (Phi) is 7.51. The van der Waals surface area contributed by atoms with Gasteiger partial charge in [0.25, 0.3) is 5.91 Å². The number of ether oxygens (including phenoxy) is 3. The first-order valence-electron chi connectivity index (χ1n) is 8.90. The first-order valence-corrected chi connectivity index (χ1v) is 8.90. The molecule has 0 aliphatic carbocycles. The Morgan fingerprint density at radius 1 is 0.933 bits per heavy atom. The Hall–Kier alpha value is -3.88. The normalized spacial score (nSPS) is 11.1. The molecular weight excluding hydrogens is 392 g/mol. The highest BCUT2D eigenvalue weighted by Gasteiger charge is 2.26. The fourth-order valence-electron chi connectivity index (χ4n) is 2.61. The van der Waals surface area contributed by atoms with E-state index in [0.29, 0.717) is 17.7 Å². The van der Waals surface area contributed by atoms with Crippen LogP contribution in [0.3, 0.4) is 0 Å². The van der Waals surface area contributed by atoms with Gasteiger partial charge in [-0.3, -0.25) is 14.4 Å². The third-order valence-corrected chi connectivity index (χ3v) is 4.03. The Labute approximate surface area is 173 Å². The molecule has 0 unspecified atom stereocenters. The highest BCUT2D eigenvalue weighted by atomic mass is 16.6. The van der Waals surface area contributed by atoms with Crippen molar-refractivity contribution in [2.75, 3.05) is 24.9 Å². The van der Waals surface area contributed by atoms with Crippen LogP contribution in [-0.4, -0.2) is 44.4 Å². The van der Waals surface area contributed by atoms with Crippen LogP contribution in [0.5, 0.6) is 11.5 Å². The fourth-order valence-corrected chi connectivity index (χ4v) is 2.61. The molecule has 0 saturated heterocycles. The summed E-state index contributed by atoms with van der Waals surface area (Å²) in [6.07, 6.45) is -0.678. The first kappa shape index (κ1) is 22.4. The smallest absolute Gasteiger partial charge is 0.343 e. The number of hydrogen-bond acceptors (Lipinski definition) is 7. The predicted octanol–water partition coefficient (Wildman–Crippen LogP) is 2.66. The minimum absolute atomic E-state index is 0.0354. The molecule has 0 aromatic heterocycles. The number of aldehydes is 1. The van der Waals surface area contributed by atoms with Gasteiger partial charge in [-0.15, -0.1) is 0 Å². The molecule has 0 heterocycles. The van der Waals surface area contributed by atoms with Crippen LogP contribution in [0, 0.1) is 0 Å². The highest BCUT2D eigenvalue weighted by Crippen LogP contribution is 2.33. The Morgan fingerprint density at radius 2 is 1.53 bits per heavy atom. The molecule has 0 aliphatic rings. The van der Waals surface area contributed by atoms with Crippen LogP contribution in [0.4, 0.5) is 11.4 Å². The van der Waals surface area contributed by atoms with E-state index in [0.717, 1.165) is 0 Å². The van der Waals surface area contributed by atoms with E-state index in [1.54, 1.807) is 24.3 Å². The second-order valence-corrected chi connectivity index (χ2v) is 6.18. The standard InChI is InChI=1S/C21H22N2O7/c1-12(20(26)23-16-8-6-15(7-9-16)22-13(2)25)30-21(27)18-14(11-24)5-10-17(28-3)19(18)29-4/h5-12H,1-4H3,(H,22,25)(H,23,26)/t12-/m0/s1. The third-order valence-electron chi connectivity index (χ3n) is 4.03. The number of anilines is 2. The van der Waals surface area contributed by atoms with Gasteiger partial charge in [-0.2, -0.15) is 0 Å². The first-order chi connectivity index (χ1) is 14.3. The van der Waals surface area contributed by atoms with Gasteiger partial charge in [0.2, 0.25) is 5.91 Å². The summed E-state index contributed by atoms with van der Waals surface area (Å²) in [6, 6.07) is 9.29. The van der Waals surface area contributed by atoms with E-state index >= 15 is 0 Å². The quantitative estimate of drug-likeness (QED) is 0.503. The lowest BCUT2D eigenvalue weighted by molar-refractivity contribution is -0.123. The van der Waals surface area contributed by atoms with Crippen molar-refractivity contribution in [1.82, 2.24) is 0 Å². The molecule has 0 saturated carbocycles. The summed E-state index contributed by atoms with van der Waals surface area (Å²) in [5.41, 5.74) is 0.931. The number of carbonyl (C=O) groups is 4. The lowest BCUT2D eigenvalue weighted by Crippen LogP contribution is -2.30. The van der Waals surface area contributed by atoms with Gasteiger partial charge in [0.1, 0.15) is 5.56 Å². The number of hydrogen-bond donors (Lipinski definition) is 2. The van der Waals surface area contributed by atoms with Crippen molar-refractivity contribution in [3.8, 4) is 11.5 Å². The molecular formula is C21H22N2O7. The average Bonchev–Trinajstić information content (AvgIpc) is 2.73. The molecule has 2 aromatic carbocycles. The van der Waals surface area contributed by atoms with Gasteiger partial charge in [-0.05, 0) is 43.3 Å². The van der Waals surface area contributed by atoms with Gasteiger partial charge in [0.15, 0.2) is 23.9 Å². The summed E-state index contributed by atoms with van der Waals surface area (Å²) in [7, 11) is 2.71. The van der Waals surface area contributed by atoms with Crippen LogP contribution in [0.15, 0.2) is 36.4 Å². The molecule has 0 aliphatic heterocycles. The van der Waals surface area contributed by atoms with Gasteiger partial charge >= 0.3 is 5.97 Å². The molecule has 2 N–H and O–H groups in total. The fraction of sp³-hybridized carbons (Fsp3) is 0.238. The van der Waals surface area contributed by atoms with Crippen molar-refractivity contribution in [1.29, 1.82) is 0 Å². The number of amides is 2. The summed E-state index contributed by atoms with van der Waals surface area (Å²) < 4.78 is 15.6. The predicted molar refractivity (Wildman–Crippen MR) is 109 cm³/mol. The zero-order chi connectivity index (χ0) is 22.3. The molecule has 9 heteroatoms. The van der Waals surface area contributed by atoms with Crippen molar-refractivity contribution in [2.24, 2.45) is 0 Å². The van der Waals surface area contributed by atoms with Crippen LogP contribution in [0.2, 0.25) is 0 Å². The highest BCUT2D eigenvalue weighted by molar-refractivity contribution is 6.03. The number of rotatable bonds is 8. The van der Waals surface area contributed by atoms with E-state index in [-0.39, 0.29) is 28.5 Å². The molecule has 2 aromatic rings. The molecule has 2 rings (SSSR count). The van der Waals surface area contributed by atoms with E-state index in [4.69, 9.17) is 14.2 Å². The Balaban J connectivity index is 2.13. The second-order valence-electron chi connectivity index (χ2n) is 6.18. The number of carbonyl (C=O) groups excluding carboxylic acids is 4. The molecule has 0 spiro atoms. The van der Waals surface area contributed by atoms with E-state index in [1.807, 2.05) is 0 Å². The Morgan fingerprint density at radius 3 is 2.03 bits per heavy atom. The van der Waals surface area contributed by atoms with Crippen molar-refractivity contribution in [3.05, 3.63) is 47.5 Å². The van der Waals surface area contributed by atoms with Crippen molar-refractivity contribution < 1.29 is 33.4 Å².